The average molecular weight is 281 g/mol. The first-order valence-corrected chi connectivity index (χ1v) is 7.40. The molecular weight excluding hydrogens is 260 g/mol. The molecule has 2 rings (SSSR count). The van der Waals surface area contributed by atoms with Crippen LogP contribution in [0.2, 0.25) is 0 Å². The van der Waals surface area contributed by atoms with Crippen molar-refractivity contribution in [1.29, 1.82) is 0 Å². The van der Waals surface area contributed by atoms with E-state index in [9.17, 15) is 4.79 Å². The standard InChI is InChI=1S/C15H21ClN2O/c16-14(13-7-3-1-4-8-13)15(19)17-9-12-18-10-5-2-6-11-18/h1,3-4,7-8,14H,2,5-6,9-12H2,(H,17,19). The van der Waals surface area contributed by atoms with Crippen molar-refractivity contribution in [3.8, 4) is 0 Å². The number of likely N-dealkylation sites (tertiary alicyclic amines) is 1. The number of benzene rings is 1. The van der Waals surface area contributed by atoms with E-state index in [0.29, 0.717) is 6.54 Å². The molecule has 0 bridgehead atoms. The summed E-state index contributed by atoms with van der Waals surface area (Å²) in [4.78, 5) is 14.3. The van der Waals surface area contributed by atoms with Crippen LogP contribution in [0.25, 0.3) is 0 Å². The summed E-state index contributed by atoms with van der Waals surface area (Å²) in [5, 5.41) is 2.32. The molecule has 1 aliphatic heterocycles. The minimum Gasteiger partial charge on any atom is -0.353 e. The minimum absolute atomic E-state index is 0.107. The number of amides is 1. The number of nitrogens with one attached hydrogen (secondary N) is 1. The van der Waals surface area contributed by atoms with Crippen LogP contribution in [0, 0.1) is 0 Å². The molecule has 104 valence electrons. The van der Waals surface area contributed by atoms with E-state index in [2.05, 4.69) is 10.2 Å². The second kappa shape index (κ2) is 7.51. The fourth-order valence-electron chi connectivity index (χ4n) is 2.38. The SMILES string of the molecule is O=C(NCCN1CCCCC1)C(Cl)c1ccccc1. The second-order valence-electron chi connectivity index (χ2n) is 4.97. The molecule has 1 unspecified atom stereocenters. The van der Waals surface area contributed by atoms with E-state index in [1.807, 2.05) is 30.3 Å². The Morgan fingerprint density at radius 2 is 1.89 bits per heavy atom. The van der Waals surface area contributed by atoms with Crippen molar-refractivity contribution >= 4 is 17.5 Å². The van der Waals surface area contributed by atoms with Crippen LogP contribution in [0.15, 0.2) is 30.3 Å². The zero-order chi connectivity index (χ0) is 13.5. The van der Waals surface area contributed by atoms with Gasteiger partial charge >= 0.3 is 0 Å². The molecule has 0 aliphatic carbocycles. The average Bonchev–Trinajstić information content (AvgIpc) is 2.48. The first kappa shape index (κ1) is 14.4. The Morgan fingerprint density at radius 3 is 2.58 bits per heavy atom. The van der Waals surface area contributed by atoms with Crippen LogP contribution in [0.3, 0.4) is 0 Å². The van der Waals surface area contributed by atoms with Gasteiger partial charge in [-0.05, 0) is 31.5 Å². The molecule has 1 atom stereocenters. The summed E-state index contributed by atoms with van der Waals surface area (Å²) in [5.74, 6) is -0.107. The van der Waals surface area contributed by atoms with Gasteiger partial charge in [0, 0.05) is 13.1 Å². The number of carbonyl (C=O) groups excluding carboxylic acids is 1. The molecule has 1 aliphatic rings. The summed E-state index contributed by atoms with van der Waals surface area (Å²) in [6.45, 7) is 3.90. The third-order valence-electron chi connectivity index (χ3n) is 3.50. The molecule has 1 amide bonds. The number of piperidine rings is 1. The third kappa shape index (κ3) is 4.51. The zero-order valence-corrected chi connectivity index (χ0v) is 11.9. The highest BCUT2D eigenvalue weighted by molar-refractivity contribution is 6.30. The summed E-state index contributed by atoms with van der Waals surface area (Å²) in [5.41, 5.74) is 0.847. The molecule has 1 aromatic carbocycles. The number of hydrogen-bond donors (Lipinski definition) is 1. The number of nitrogens with zero attached hydrogens (tertiary/aromatic N) is 1. The summed E-state index contributed by atoms with van der Waals surface area (Å²) < 4.78 is 0. The number of hydrogen-bond acceptors (Lipinski definition) is 2. The van der Waals surface area contributed by atoms with Gasteiger partial charge in [0.05, 0.1) is 0 Å². The fraction of sp³-hybridized carbons (Fsp3) is 0.533. The van der Waals surface area contributed by atoms with E-state index in [0.717, 1.165) is 25.2 Å². The van der Waals surface area contributed by atoms with Crippen molar-refractivity contribution in [2.45, 2.75) is 24.6 Å². The van der Waals surface area contributed by atoms with Gasteiger partial charge in [-0.15, -0.1) is 11.6 Å². The lowest BCUT2D eigenvalue weighted by atomic mass is 10.1. The third-order valence-corrected chi connectivity index (χ3v) is 3.95. The van der Waals surface area contributed by atoms with Crippen molar-refractivity contribution in [2.75, 3.05) is 26.2 Å². The largest absolute Gasteiger partial charge is 0.353 e. The molecule has 1 heterocycles. The van der Waals surface area contributed by atoms with Gasteiger partial charge in [0.15, 0.2) is 0 Å². The second-order valence-corrected chi connectivity index (χ2v) is 5.40. The van der Waals surface area contributed by atoms with Crippen LogP contribution >= 0.6 is 11.6 Å². The lowest BCUT2D eigenvalue weighted by Gasteiger charge is -2.26. The lowest BCUT2D eigenvalue weighted by molar-refractivity contribution is -0.120. The quantitative estimate of drug-likeness (QED) is 0.841. The molecule has 0 radical (unpaired) electrons. The van der Waals surface area contributed by atoms with Crippen molar-refractivity contribution in [1.82, 2.24) is 10.2 Å². The van der Waals surface area contributed by atoms with Gasteiger partial charge in [0.1, 0.15) is 5.38 Å². The van der Waals surface area contributed by atoms with Crippen molar-refractivity contribution in [3.05, 3.63) is 35.9 Å². The van der Waals surface area contributed by atoms with Gasteiger partial charge in [-0.2, -0.15) is 0 Å². The highest BCUT2D eigenvalue weighted by Crippen LogP contribution is 2.19. The molecule has 1 N–H and O–H groups in total. The maximum Gasteiger partial charge on any atom is 0.242 e. The molecule has 19 heavy (non-hydrogen) atoms. The fourth-order valence-corrected chi connectivity index (χ4v) is 2.61. The Hall–Kier alpha value is -1.06. The van der Waals surface area contributed by atoms with Gasteiger partial charge in [-0.1, -0.05) is 36.8 Å². The van der Waals surface area contributed by atoms with Crippen LogP contribution in [0.1, 0.15) is 30.2 Å². The number of alkyl halides is 1. The topological polar surface area (TPSA) is 32.3 Å². The molecule has 1 aromatic rings. The summed E-state index contributed by atoms with van der Waals surface area (Å²) in [7, 11) is 0. The predicted molar refractivity (Wildman–Crippen MR) is 78.3 cm³/mol. The molecule has 1 fully saturated rings. The zero-order valence-electron chi connectivity index (χ0n) is 11.1. The van der Waals surface area contributed by atoms with Gasteiger partial charge in [0.25, 0.3) is 0 Å². The smallest absolute Gasteiger partial charge is 0.242 e. The van der Waals surface area contributed by atoms with E-state index in [1.165, 1.54) is 19.3 Å². The van der Waals surface area contributed by atoms with Gasteiger partial charge in [-0.25, -0.2) is 0 Å². The molecule has 0 spiro atoms. The van der Waals surface area contributed by atoms with Crippen LogP contribution < -0.4 is 5.32 Å². The predicted octanol–water partition coefficient (Wildman–Crippen LogP) is 2.57. The number of carbonyl (C=O) groups is 1. The van der Waals surface area contributed by atoms with Crippen molar-refractivity contribution < 1.29 is 4.79 Å². The van der Waals surface area contributed by atoms with Gasteiger partial charge < -0.3 is 10.2 Å². The van der Waals surface area contributed by atoms with Crippen molar-refractivity contribution in [2.24, 2.45) is 0 Å². The summed E-state index contributed by atoms with van der Waals surface area (Å²) in [6, 6.07) is 9.46. The van der Waals surface area contributed by atoms with Gasteiger partial charge in [-0.3, -0.25) is 4.79 Å². The van der Waals surface area contributed by atoms with E-state index in [4.69, 9.17) is 11.6 Å². The maximum atomic E-state index is 11.9. The minimum atomic E-state index is -0.595. The van der Waals surface area contributed by atoms with Crippen LogP contribution in [0.5, 0.6) is 0 Å². The molecule has 4 heteroatoms. The first-order chi connectivity index (χ1) is 9.27. The Morgan fingerprint density at radius 1 is 1.21 bits per heavy atom. The Bertz CT molecular complexity index is 390. The van der Waals surface area contributed by atoms with Crippen LogP contribution in [0.4, 0.5) is 0 Å². The van der Waals surface area contributed by atoms with Crippen molar-refractivity contribution in [3.63, 3.8) is 0 Å². The normalized spacial score (nSPS) is 17.9. The molecule has 1 saturated heterocycles. The number of rotatable bonds is 5. The summed E-state index contributed by atoms with van der Waals surface area (Å²) in [6.07, 6.45) is 3.88. The van der Waals surface area contributed by atoms with Gasteiger partial charge in [0.2, 0.25) is 5.91 Å². The molecule has 0 saturated carbocycles. The Labute approximate surface area is 119 Å². The first-order valence-electron chi connectivity index (χ1n) is 6.96. The van der Waals surface area contributed by atoms with E-state index < -0.39 is 5.38 Å². The molecular formula is C15H21ClN2O. The molecule has 3 nitrogen and oxygen atoms in total. The van der Waals surface area contributed by atoms with E-state index >= 15 is 0 Å². The highest BCUT2D eigenvalue weighted by atomic mass is 35.5. The lowest BCUT2D eigenvalue weighted by Crippen LogP contribution is -2.38. The van der Waals surface area contributed by atoms with E-state index in [1.54, 1.807) is 0 Å². The Kier molecular flexibility index (Phi) is 5.67. The highest BCUT2D eigenvalue weighted by Gasteiger charge is 2.17. The number of halogens is 1. The Balaban J connectivity index is 1.72. The monoisotopic (exact) mass is 280 g/mol. The summed E-state index contributed by atoms with van der Waals surface area (Å²) >= 11 is 6.15. The van der Waals surface area contributed by atoms with E-state index in [-0.39, 0.29) is 5.91 Å². The maximum absolute atomic E-state index is 11.9. The van der Waals surface area contributed by atoms with Crippen LogP contribution in [-0.2, 0) is 4.79 Å². The van der Waals surface area contributed by atoms with Crippen LogP contribution in [-0.4, -0.2) is 37.0 Å². The molecule has 0 aromatic heterocycles.